The van der Waals surface area contributed by atoms with Crippen molar-refractivity contribution in [3.63, 3.8) is 0 Å². The van der Waals surface area contributed by atoms with Crippen molar-refractivity contribution in [2.75, 3.05) is 24.3 Å². The number of ketones is 1. The maximum absolute atomic E-state index is 13.5. The second-order valence-corrected chi connectivity index (χ2v) is 9.81. The van der Waals surface area contributed by atoms with Gasteiger partial charge in [-0.2, -0.15) is 0 Å². The van der Waals surface area contributed by atoms with Gasteiger partial charge < -0.3 is 10.2 Å². The van der Waals surface area contributed by atoms with Crippen LogP contribution in [-0.2, 0) is 4.79 Å². The fraction of sp³-hybridized carbons (Fsp3) is 0.348. The van der Waals surface area contributed by atoms with Crippen molar-refractivity contribution in [3.05, 3.63) is 63.5 Å². The maximum atomic E-state index is 13.5. The van der Waals surface area contributed by atoms with E-state index in [1.807, 2.05) is 0 Å². The van der Waals surface area contributed by atoms with Gasteiger partial charge in [-0.3, -0.25) is 14.7 Å². The molecule has 0 radical (unpaired) electrons. The predicted molar refractivity (Wildman–Crippen MR) is 124 cm³/mol. The lowest BCUT2D eigenvalue weighted by Crippen LogP contribution is -2.44. The molecule has 0 fully saturated rings. The molecule has 8 heteroatoms. The van der Waals surface area contributed by atoms with E-state index in [-0.39, 0.29) is 17.2 Å². The van der Waals surface area contributed by atoms with Gasteiger partial charge in [-0.25, -0.2) is 4.79 Å². The summed E-state index contributed by atoms with van der Waals surface area (Å²) in [5, 5.41) is 4.30. The number of pyridine rings is 1. The van der Waals surface area contributed by atoms with Crippen LogP contribution in [-0.4, -0.2) is 35.8 Å². The number of Topliss-reactive ketones (excluding diaryl/α,β-unsaturated/α-hetero) is 1. The highest BCUT2D eigenvalue weighted by Crippen LogP contribution is 2.49. The Morgan fingerprint density at radius 3 is 2.65 bits per heavy atom. The Morgan fingerprint density at radius 1 is 1.23 bits per heavy atom. The molecule has 1 aromatic carbocycles. The Kier molecular flexibility index (Phi) is 5.48. The molecule has 1 aliphatic carbocycles. The van der Waals surface area contributed by atoms with Crippen molar-refractivity contribution >= 4 is 46.4 Å². The second kappa shape index (κ2) is 7.84. The minimum atomic E-state index is -0.700. The zero-order valence-corrected chi connectivity index (χ0v) is 19.4. The van der Waals surface area contributed by atoms with Crippen molar-refractivity contribution < 1.29 is 9.59 Å². The number of nitrogens with zero attached hydrogens (tertiary/aromatic N) is 3. The summed E-state index contributed by atoms with van der Waals surface area (Å²) in [5.41, 5.74) is 3.08. The molecule has 1 unspecified atom stereocenters. The number of hydrogen-bond donors (Lipinski definition) is 1. The van der Waals surface area contributed by atoms with Crippen LogP contribution in [0.4, 0.5) is 16.2 Å². The number of fused-ring (bicyclic) bond motifs is 1. The molecule has 0 spiro atoms. The lowest BCUT2D eigenvalue weighted by molar-refractivity contribution is -0.118. The van der Waals surface area contributed by atoms with Crippen LogP contribution in [0, 0.1) is 5.41 Å². The first-order valence-corrected chi connectivity index (χ1v) is 10.8. The fourth-order valence-electron chi connectivity index (χ4n) is 4.33. The van der Waals surface area contributed by atoms with Crippen LogP contribution in [0.5, 0.6) is 0 Å². The number of amides is 2. The van der Waals surface area contributed by atoms with Crippen LogP contribution in [0.2, 0.25) is 10.0 Å². The smallest absolute Gasteiger partial charge is 0.324 e. The number of nitrogens with one attached hydrogen (secondary N) is 1. The minimum Gasteiger partial charge on any atom is -0.356 e. The van der Waals surface area contributed by atoms with E-state index < -0.39 is 6.04 Å². The average molecular weight is 459 g/mol. The summed E-state index contributed by atoms with van der Waals surface area (Å²) in [5.74, 6) is -0.00733. The zero-order chi connectivity index (χ0) is 22.5. The summed E-state index contributed by atoms with van der Waals surface area (Å²) in [6.45, 7) is 4.14. The lowest BCUT2D eigenvalue weighted by Gasteiger charge is -2.38. The van der Waals surface area contributed by atoms with E-state index in [0.717, 1.165) is 5.70 Å². The molecule has 6 nitrogen and oxygen atoms in total. The Labute approximate surface area is 191 Å². The standard InChI is InChI=1S/C23H24Cl2N4O2/c1-23(2)10-16-20(19(30)11-23)21(14-6-5-13(24)9-15(14)25)29(22(31)28(3)4)18-7-8-26-12-17(18)27-16/h5-9,12,21,27H,10-11H2,1-4H3. The Bertz CT molecular complexity index is 1110. The third kappa shape index (κ3) is 3.90. The summed E-state index contributed by atoms with van der Waals surface area (Å²) in [7, 11) is 3.37. The van der Waals surface area contributed by atoms with Gasteiger partial charge in [-0.1, -0.05) is 43.1 Å². The van der Waals surface area contributed by atoms with Gasteiger partial charge in [0, 0.05) is 48.0 Å². The molecule has 2 amide bonds. The van der Waals surface area contributed by atoms with Gasteiger partial charge in [0.2, 0.25) is 0 Å². The van der Waals surface area contributed by atoms with Gasteiger partial charge in [0.05, 0.1) is 23.6 Å². The van der Waals surface area contributed by atoms with Crippen LogP contribution in [0.15, 0.2) is 47.9 Å². The summed E-state index contributed by atoms with van der Waals surface area (Å²) in [6.07, 6.45) is 4.35. The highest BCUT2D eigenvalue weighted by atomic mass is 35.5. The summed E-state index contributed by atoms with van der Waals surface area (Å²) < 4.78 is 0. The molecule has 0 saturated heterocycles. The maximum Gasteiger partial charge on any atom is 0.324 e. The minimum absolute atomic E-state index is 0.00733. The van der Waals surface area contributed by atoms with Gasteiger partial charge in [0.25, 0.3) is 0 Å². The third-order valence-electron chi connectivity index (χ3n) is 5.64. The van der Waals surface area contributed by atoms with E-state index >= 15 is 0 Å². The fourth-order valence-corrected chi connectivity index (χ4v) is 4.85. The van der Waals surface area contributed by atoms with Crippen molar-refractivity contribution in [3.8, 4) is 0 Å². The normalized spacial score (nSPS) is 19.9. The molecule has 1 aromatic heterocycles. The molecule has 2 heterocycles. The molecule has 0 bridgehead atoms. The van der Waals surface area contributed by atoms with Crippen LogP contribution in [0.1, 0.15) is 38.3 Å². The van der Waals surface area contributed by atoms with Crippen molar-refractivity contribution in [2.45, 2.75) is 32.7 Å². The SMILES string of the molecule is CN(C)C(=O)N1c2ccncc2NC2=C(C(=O)CC(C)(C)C2)C1c1ccc(Cl)cc1Cl. The van der Waals surface area contributed by atoms with Crippen molar-refractivity contribution in [1.29, 1.82) is 0 Å². The Balaban J connectivity index is 2.05. The number of allylic oxidation sites excluding steroid dienone is 1. The first-order chi connectivity index (χ1) is 14.6. The number of hydrogen-bond acceptors (Lipinski definition) is 4. The summed E-state index contributed by atoms with van der Waals surface area (Å²) in [6, 6.07) is 5.96. The molecule has 2 aliphatic rings. The first-order valence-electron chi connectivity index (χ1n) is 10.0. The number of benzene rings is 1. The molecule has 1 N–H and O–H groups in total. The van der Waals surface area contributed by atoms with Gasteiger partial charge >= 0.3 is 6.03 Å². The summed E-state index contributed by atoms with van der Waals surface area (Å²) >= 11 is 12.8. The van der Waals surface area contributed by atoms with E-state index in [4.69, 9.17) is 23.2 Å². The molecule has 1 aliphatic heterocycles. The zero-order valence-electron chi connectivity index (χ0n) is 17.9. The highest BCUT2D eigenvalue weighted by Gasteiger charge is 2.44. The monoisotopic (exact) mass is 458 g/mol. The largest absolute Gasteiger partial charge is 0.356 e. The third-order valence-corrected chi connectivity index (χ3v) is 6.20. The molecule has 2 aromatic rings. The number of rotatable bonds is 1. The molecule has 162 valence electrons. The average Bonchev–Trinajstić information content (AvgIpc) is 2.80. The number of halogens is 2. The number of urea groups is 1. The predicted octanol–water partition coefficient (Wildman–Crippen LogP) is 5.69. The number of carbonyl (C=O) groups excluding carboxylic acids is 2. The topological polar surface area (TPSA) is 65.5 Å². The lowest BCUT2D eigenvalue weighted by atomic mass is 9.73. The van der Waals surface area contributed by atoms with Crippen LogP contribution >= 0.6 is 23.2 Å². The van der Waals surface area contributed by atoms with E-state index in [0.29, 0.717) is 45.4 Å². The van der Waals surface area contributed by atoms with Gasteiger partial charge in [0.15, 0.2) is 5.78 Å². The van der Waals surface area contributed by atoms with E-state index in [9.17, 15) is 9.59 Å². The van der Waals surface area contributed by atoms with E-state index in [1.54, 1.807) is 55.7 Å². The van der Waals surface area contributed by atoms with E-state index in [1.165, 1.54) is 4.90 Å². The highest BCUT2D eigenvalue weighted by molar-refractivity contribution is 6.35. The number of aromatic nitrogens is 1. The van der Waals surface area contributed by atoms with Crippen molar-refractivity contribution in [1.82, 2.24) is 9.88 Å². The van der Waals surface area contributed by atoms with Gasteiger partial charge in [0.1, 0.15) is 0 Å². The molecule has 0 saturated carbocycles. The molecule has 4 rings (SSSR count). The van der Waals surface area contributed by atoms with Gasteiger partial charge in [-0.05, 0) is 35.6 Å². The Hall–Kier alpha value is -2.57. The molecule has 31 heavy (non-hydrogen) atoms. The molecular formula is C23H24Cl2N4O2. The Morgan fingerprint density at radius 2 is 1.97 bits per heavy atom. The van der Waals surface area contributed by atoms with Crippen molar-refractivity contribution in [2.24, 2.45) is 5.41 Å². The second-order valence-electron chi connectivity index (χ2n) is 8.97. The van der Waals surface area contributed by atoms with E-state index in [2.05, 4.69) is 24.1 Å². The molecule has 1 atom stereocenters. The quantitative estimate of drug-likeness (QED) is 0.596. The van der Waals surface area contributed by atoms with Crippen LogP contribution in [0.25, 0.3) is 0 Å². The number of anilines is 2. The van der Waals surface area contributed by atoms with Gasteiger partial charge in [-0.15, -0.1) is 0 Å². The number of carbonyl (C=O) groups is 2. The molecular weight excluding hydrogens is 435 g/mol. The van der Waals surface area contributed by atoms with Crippen LogP contribution in [0.3, 0.4) is 0 Å². The summed E-state index contributed by atoms with van der Waals surface area (Å²) in [4.78, 5) is 34.3. The first kappa shape index (κ1) is 21.7. The van der Waals surface area contributed by atoms with Crippen LogP contribution < -0.4 is 10.2 Å².